The van der Waals surface area contributed by atoms with Crippen molar-refractivity contribution in [2.45, 2.75) is 77.2 Å². The molecule has 2 nitrogen and oxygen atoms in total. The highest BCUT2D eigenvalue weighted by Gasteiger charge is 2.49. The van der Waals surface area contributed by atoms with Gasteiger partial charge in [0.25, 0.3) is 8.32 Å². The van der Waals surface area contributed by atoms with Crippen molar-refractivity contribution >= 4 is 18.7 Å². The maximum atomic E-state index is 6.96. The fourth-order valence-electron chi connectivity index (χ4n) is 4.35. The van der Waals surface area contributed by atoms with Crippen molar-refractivity contribution in [3.8, 4) is 0 Å². The van der Waals surface area contributed by atoms with Crippen LogP contribution in [-0.2, 0) is 4.43 Å². The molecule has 0 bridgehead atoms. The van der Waals surface area contributed by atoms with Gasteiger partial charge in [0.05, 0.1) is 0 Å². The van der Waals surface area contributed by atoms with Crippen molar-refractivity contribution in [1.29, 1.82) is 0 Å². The highest BCUT2D eigenvalue weighted by atomic mass is 28.4. The third-order valence-corrected chi connectivity index (χ3v) is 11.0. The number of nitrogens with two attached hydrogens (primary N) is 1. The number of rotatable bonds is 14. The second-order valence-electron chi connectivity index (χ2n) is 9.47. The molecule has 2 rings (SSSR count). The van der Waals surface area contributed by atoms with Crippen LogP contribution in [0.15, 0.2) is 72.8 Å². The van der Waals surface area contributed by atoms with Crippen LogP contribution < -0.4 is 16.1 Å². The summed E-state index contributed by atoms with van der Waals surface area (Å²) in [5.41, 5.74) is 5.53. The molecule has 3 heteroatoms. The molecule has 0 aliphatic rings. The Hall–Kier alpha value is -1.68. The molecule has 0 unspecified atom stereocenters. The lowest BCUT2D eigenvalue weighted by molar-refractivity contribution is 0.286. The molecule has 0 aliphatic heterocycles. The number of unbranched alkanes of at least 4 members (excludes halogenated alkanes) is 6. The molecule has 0 aliphatic carbocycles. The lowest BCUT2D eigenvalue weighted by Gasteiger charge is -2.43. The first kappa shape index (κ1) is 25.6. The van der Waals surface area contributed by atoms with Crippen molar-refractivity contribution in [1.82, 2.24) is 0 Å². The van der Waals surface area contributed by atoms with Gasteiger partial charge in [0.2, 0.25) is 0 Å². The molecule has 2 N–H and O–H groups in total. The fourth-order valence-corrected chi connectivity index (χ4v) is 8.95. The largest absolute Gasteiger partial charge is 0.407 e. The van der Waals surface area contributed by atoms with Gasteiger partial charge in [-0.2, -0.15) is 0 Å². The van der Waals surface area contributed by atoms with E-state index in [2.05, 4.69) is 93.6 Å². The van der Waals surface area contributed by atoms with Gasteiger partial charge in [-0.1, -0.05) is 106 Å². The molecule has 2 aromatic rings. The summed E-state index contributed by atoms with van der Waals surface area (Å²) < 4.78 is 6.96. The summed E-state index contributed by atoms with van der Waals surface area (Å²) in [6.07, 6.45) is 14.3. The van der Waals surface area contributed by atoms with Crippen molar-refractivity contribution in [3.63, 3.8) is 0 Å². The predicted octanol–water partition coefficient (Wildman–Crippen LogP) is 6.20. The van der Waals surface area contributed by atoms with Gasteiger partial charge in [-0.3, -0.25) is 0 Å². The number of allylic oxidation sites excluding steroid dienone is 2. The molecule has 0 heterocycles. The Balaban J connectivity index is 1.92. The summed E-state index contributed by atoms with van der Waals surface area (Å²) in [6.45, 7) is 8.68. The van der Waals surface area contributed by atoms with Crippen LogP contribution in [0.2, 0.25) is 5.04 Å². The van der Waals surface area contributed by atoms with Crippen molar-refractivity contribution < 1.29 is 4.43 Å². The minimum atomic E-state index is -2.37. The highest BCUT2D eigenvalue weighted by molar-refractivity contribution is 6.99. The Morgan fingerprint density at radius 3 is 1.68 bits per heavy atom. The molecule has 0 spiro atoms. The lowest BCUT2D eigenvalue weighted by atomic mass is 10.1. The Labute approximate surface area is 192 Å². The molecule has 2 aromatic carbocycles. The van der Waals surface area contributed by atoms with Gasteiger partial charge >= 0.3 is 0 Å². The molecule has 0 aromatic heterocycles. The van der Waals surface area contributed by atoms with E-state index in [4.69, 9.17) is 10.2 Å². The first-order chi connectivity index (χ1) is 15.0. The van der Waals surface area contributed by atoms with E-state index in [1.54, 1.807) is 0 Å². The lowest BCUT2D eigenvalue weighted by Crippen LogP contribution is -2.66. The van der Waals surface area contributed by atoms with Crippen LogP contribution in [0.4, 0.5) is 0 Å². The van der Waals surface area contributed by atoms with Crippen LogP contribution in [-0.4, -0.2) is 21.5 Å². The van der Waals surface area contributed by atoms with E-state index in [-0.39, 0.29) is 5.04 Å². The van der Waals surface area contributed by atoms with Crippen molar-refractivity contribution in [3.05, 3.63) is 72.8 Å². The van der Waals surface area contributed by atoms with Gasteiger partial charge in [0.1, 0.15) is 0 Å². The molecule has 31 heavy (non-hydrogen) atoms. The van der Waals surface area contributed by atoms with Gasteiger partial charge in [-0.05, 0) is 60.5 Å². The molecule has 170 valence electrons. The van der Waals surface area contributed by atoms with E-state index in [9.17, 15) is 0 Å². The maximum Gasteiger partial charge on any atom is 0.261 e. The maximum absolute atomic E-state index is 6.96. The Bertz CT molecular complexity index is 697. The molecule has 0 saturated heterocycles. The minimum absolute atomic E-state index is 0.0599. The molecule has 0 atom stereocenters. The molecular formula is C28H43NOSi. The Kier molecular flexibility index (Phi) is 11.3. The summed E-state index contributed by atoms with van der Waals surface area (Å²) in [6, 6.07) is 21.9. The van der Waals surface area contributed by atoms with Gasteiger partial charge in [-0.15, -0.1) is 0 Å². The number of hydrogen-bond acceptors (Lipinski definition) is 2. The smallest absolute Gasteiger partial charge is 0.261 e. The fraction of sp³-hybridized carbons (Fsp3) is 0.500. The van der Waals surface area contributed by atoms with Crippen molar-refractivity contribution in [2.24, 2.45) is 5.73 Å². The average molecular weight is 438 g/mol. The number of hydrogen-bond donors (Lipinski definition) is 1. The third-order valence-electron chi connectivity index (χ3n) is 5.99. The Morgan fingerprint density at radius 2 is 1.19 bits per heavy atom. The van der Waals surface area contributed by atoms with E-state index in [0.29, 0.717) is 0 Å². The standard InChI is InChI=1S/C28H43NOSi/c1-28(2,3)31(26-20-14-12-15-21-26,27-22-16-13-17-23-27)30-25-19-11-9-7-5-4-6-8-10-18-24-29/h4,6,12-17,20-23H,5,7-11,18-19,24-25,29H2,1-3H3. The van der Waals surface area contributed by atoms with Gasteiger partial charge in [0.15, 0.2) is 0 Å². The van der Waals surface area contributed by atoms with E-state index in [1.165, 1.54) is 48.9 Å². The monoisotopic (exact) mass is 437 g/mol. The quantitative estimate of drug-likeness (QED) is 0.217. The Morgan fingerprint density at radius 1 is 0.710 bits per heavy atom. The topological polar surface area (TPSA) is 35.2 Å². The molecule has 0 saturated carbocycles. The number of benzene rings is 2. The van der Waals surface area contributed by atoms with Crippen molar-refractivity contribution in [2.75, 3.05) is 13.2 Å². The second kappa shape index (κ2) is 13.7. The zero-order valence-electron chi connectivity index (χ0n) is 20.0. The molecule has 0 amide bonds. The van der Waals surface area contributed by atoms with E-state index in [1.807, 2.05) is 0 Å². The highest BCUT2D eigenvalue weighted by Crippen LogP contribution is 2.36. The van der Waals surface area contributed by atoms with Crippen LogP contribution in [0.5, 0.6) is 0 Å². The second-order valence-corrected chi connectivity index (χ2v) is 13.8. The summed E-state index contributed by atoms with van der Waals surface area (Å²) in [5, 5.41) is 2.80. The van der Waals surface area contributed by atoms with Crippen LogP contribution in [0, 0.1) is 0 Å². The summed E-state index contributed by atoms with van der Waals surface area (Å²) in [4.78, 5) is 0. The predicted molar refractivity (Wildman–Crippen MR) is 139 cm³/mol. The normalized spacial score (nSPS) is 12.5. The molecule has 0 radical (unpaired) electrons. The van der Waals surface area contributed by atoms with Crippen LogP contribution in [0.25, 0.3) is 0 Å². The first-order valence-corrected chi connectivity index (χ1v) is 14.0. The van der Waals surface area contributed by atoms with Gasteiger partial charge in [-0.25, -0.2) is 0 Å². The van der Waals surface area contributed by atoms with Crippen LogP contribution in [0.3, 0.4) is 0 Å². The molecule has 0 fully saturated rings. The van der Waals surface area contributed by atoms with E-state index < -0.39 is 8.32 Å². The SMILES string of the molecule is CC(C)(C)[Si](OCCCCCCC=CCCCCN)(c1ccccc1)c1ccccc1. The summed E-state index contributed by atoms with van der Waals surface area (Å²) >= 11 is 0. The molecular weight excluding hydrogens is 394 g/mol. The zero-order chi connectivity index (χ0) is 22.4. The summed E-state index contributed by atoms with van der Waals surface area (Å²) in [5.74, 6) is 0. The van der Waals surface area contributed by atoms with Crippen LogP contribution in [0.1, 0.15) is 72.1 Å². The van der Waals surface area contributed by atoms with E-state index in [0.717, 1.165) is 26.0 Å². The van der Waals surface area contributed by atoms with Gasteiger partial charge in [0, 0.05) is 6.61 Å². The average Bonchev–Trinajstić information content (AvgIpc) is 2.77. The first-order valence-electron chi connectivity index (χ1n) is 12.1. The summed E-state index contributed by atoms with van der Waals surface area (Å²) in [7, 11) is -2.37. The van der Waals surface area contributed by atoms with Crippen LogP contribution >= 0.6 is 0 Å². The van der Waals surface area contributed by atoms with E-state index >= 15 is 0 Å². The van der Waals surface area contributed by atoms with Gasteiger partial charge < -0.3 is 10.2 Å². The zero-order valence-corrected chi connectivity index (χ0v) is 21.0. The third kappa shape index (κ3) is 7.75. The minimum Gasteiger partial charge on any atom is -0.407 e.